The maximum absolute atomic E-state index is 5.80. The molecule has 1 aromatic heterocycles. The summed E-state index contributed by atoms with van der Waals surface area (Å²) in [5.41, 5.74) is 8.07. The van der Waals surface area contributed by atoms with E-state index in [0.29, 0.717) is 6.61 Å². The van der Waals surface area contributed by atoms with Crippen LogP contribution < -0.4 is 10.5 Å². The first-order chi connectivity index (χ1) is 9.24. The van der Waals surface area contributed by atoms with E-state index >= 15 is 0 Å². The smallest absolute Gasteiger partial charge is 0.119 e. The van der Waals surface area contributed by atoms with E-state index in [-0.39, 0.29) is 6.04 Å². The quantitative estimate of drug-likeness (QED) is 0.864. The molecule has 0 spiro atoms. The average Bonchev–Trinajstić information content (AvgIpc) is 2.40. The molecule has 0 saturated carbocycles. The highest BCUT2D eigenvalue weighted by Gasteiger charge is 2.01. The minimum atomic E-state index is 0.170. The number of aromatic nitrogens is 1. The Bertz CT molecular complexity index is 497. The molecule has 3 heteroatoms. The zero-order chi connectivity index (χ0) is 13.5. The van der Waals surface area contributed by atoms with Crippen LogP contribution in [0, 0.1) is 0 Å². The van der Waals surface area contributed by atoms with Crippen molar-refractivity contribution in [3.63, 3.8) is 0 Å². The normalized spacial score (nSPS) is 12.1. The molecule has 1 heterocycles. The van der Waals surface area contributed by atoms with Crippen LogP contribution in [0.2, 0.25) is 0 Å². The van der Waals surface area contributed by atoms with E-state index < -0.39 is 0 Å². The van der Waals surface area contributed by atoms with Crippen LogP contribution in [0.15, 0.2) is 48.7 Å². The van der Waals surface area contributed by atoms with E-state index in [1.54, 1.807) is 6.20 Å². The molecule has 0 radical (unpaired) electrons. The SMILES string of the molecule is CC(N)Cc1cccc(OCCc2ccccn2)c1. The molecule has 2 rings (SSSR count). The number of hydrogen-bond donors (Lipinski definition) is 1. The Morgan fingerprint density at radius 1 is 1.21 bits per heavy atom. The third kappa shape index (κ3) is 4.72. The van der Waals surface area contributed by atoms with Gasteiger partial charge in [-0.05, 0) is 43.2 Å². The molecule has 1 unspecified atom stereocenters. The van der Waals surface area contributed by atoms with Crippen LogP contribution in [-0.4, -0.2) is 17.6 Å². The zero-order valence-corrected chi connectivity index (χ0v) is 11.3. The van der Waals surface area contributed by atoms with E-state index in [4.69, 9.17) is 10.5 Å². The Kier molecular flexibility index (Phi) is 4.93. The largest absolute Gasteiger partial charge is 0.493 e. The van der Waals surface area contributed by atoms with Crippen molar-refractivity contribution in [1.82, 2.24) is 4.98 Å². The van der Waals surface area contributed by atoms with Gasteiger partial charge < -0.3 is 10.5 Å². The van der Waals surface area contributed by atoms with Gasteiger partial charge in [0.15, 0.2) is 0 Å². The molecule has 19 heavy (non-hydrogen) atoms. The fourth-order valence-electron chi connectivity index (χ4n) is 1.95. The van der Waals surface area contributed by atoms with Crippen molar-refractivity contribution in [2.24, 2.45) is 5.73 Å². The van der Waals surface area contributed by atoms with Gasteiger partial charge in [0.25, 0.3) is 0 Å². The molecule has 1 atom stereocenters. The predicted octanol–water partition coefficient (Wildman–Crippen LogP) is 2.59. The van der Waals surface area contributed by atoms with Crippen LogP contribution in [0.5, 0.6) is 5.75 Å². The third-order valence-corrected chi connectivity index (χ3v) is 2.81. The zero-order valence-electron chi connectivity index (χ0n) is 11.3. The van der Waals surface area contributed by atoms with Crippen molar-refractivity contribution >= 4 is 0 Å². The van der Waals surface area contributed by atoms with Crippen LogP contribution in [0.1, 0.15) is 18.2 Å². The van der Waals surface area contributed by atoms with Gasteiger partial charge in [0.05, 0.1) is 6.61 Å². The molecule has 0 bridgehead atoms. The van der Waals surface area contributed by atoms with Crippen LogP contribution in [-0.2, 0) is 12.8 Å². The molecule has 0 aliphatic carbocycles. The minimum absolute atomic E-state index is 0.170. The standard InChI is InChI=1S/C16H20N2O/c1-13(17)11-14-5-4-7-16(12-14)19-10-8-15-6-2-3-9-18-15/h2-7,9,12-13H,8,10-11,17H2,1H3. The summed E-state index contributed by atoms with van der Waals surface area (Å²) in [6.45, 7) is 2.65. The topological polar surface area (TPSA) is 48.1 Å². The molecule has 0 fully saturated rings. The summed E-state index contributed by atoms with van der Waals surface area (Å²) >= 11 is 0. The van der Waals surface area contributed by atoms with E-state index in [1.165, 1.54) is 5.56 Å². The molecule has 0 amide bonds. The second-order valence-corrected chi connectivity index (χ2v) is 4.75. The molecule has 3 nitrogen and oxygen atoms in total. The lowest BCUT2D eigenvalue weighted by Gasteiger charge is -2.09. The van der Waals surface area contributed by atoms with Crippen LogP contribution in [0.3, 0.4) is 0 Å². The van der Waals surface area contributed by atoms with Crippen LogP contribution in [0.25, 0.3) is 0 Å². The molecule has 100 valence electrons. The molecule has 0 aliphatic rings. The fourth-order valence-corrected chi connectivity index (χ4v) is 1.95. The summed E-state index contributed by atoms with van der Waals surface area (Å²) in [5, 5.41) is 0. The monoisotopic (exact) mass is 256 g/mol. The number of nitrogens with zero attached hydrogens (tertiary/aromatic N) is 1. The first-order valence-corrected chi connectivity index (χ1v) is 6.61. The van der Waals surface area contributed by atoms with Crippen molar-refractivity contribution < 1.29 is 4.74 Å². The summed E-state index contributed by atoms with van der Waals surface area (Å²) in [6.07, 6.45) is 3.49. The third-order valence-electron chi connectivity index (χ3n) is 2.81. The van der Waals surface area contributed by atoms with Crippen LogP contribution in [0.4, 0.5) is 0 Å². The lowest BCUT2D eigenvalue weighted by molar-refractivity contribution is 0.320. The van der Waals surface area contributed by atoms with Crippen molar-refractivity contribution in [3.8, 4) is 5.75 Å². The van der Waals surface area contributed by atoms with Gasteiger partial charge in [0, 0.05) is 24.4 Å². The first-order valence-electron chi connectivity index (χ1n) is 6.61. The second kappa shape index (κ2) is 6.90. The van der Waals surface area contributed by atoms with Gasteiger partial charge >= 0.3 is 0 Å². The molecule has 0 saturated heterocycles. The fraction of sp³-hybridized carbons (Fsp3) is 0.312. The lowest BCUT2D eigenvalue weighted by Crippen LogP contribution is -2.17. The minimum Gasteiger partial charge on any atom is -0.493 e. The Morgan fingerprint density at radius 3 is 2.84 bits per heavy atom. The van der Waals surface area contributed by atoms with Gasteiger partial charge in [-0.25, -0.2) is 0 Å². The lowest BCUT2D eigenvalue weighted by atomic mass is 10.1. The van der Waals surface area contributed by atoms with Gasteiger partial charge in [-0.15, -0.1) is 0 Å². The first kappa shape index (κ1) is 13.6. The summed E-state index contributed by atoms with van der Waals surface area (Å²) < 4.78 is 5.75. The van der Waals surface area contributed by atoms with E-state index in [1.807, 2.05) is 37.3 Å². The molecule has 0 aliphatic heterocycles. The van der Waals surface area contributed by atoms with Crippen LogP contribution >= 0.6 is 0 Å². The number of rotatable bonds is 6. The van der Waals surface area contributed by atoms with Gasteiger partial charge in [0.2, 0.25) is 0 Å². The maximum Gasteiger partial charge on any atom is 0.119 e. The summed E-state index contributed by atoms with van der Waals surface area (Å²) in [5.74, 6) is 0.897. The van der Waals surface area contributed by atoms with Gasteiger partial charge in [0.1, 0.15) is 5.75 Å². The number of benzene rings is 1. The van der Waals surface area contributed by atoms with Crippen molar-refractivity contribution in [1.29, 1.82) is 0 Å². The Balaban J connectivity index is 1.86. The Hall–Kier alpha value is -1.87. The van der Waals surface area contributed by atoms with E-state index in [0.717, 1.165) is 24.3 Å². The highest BCUT2D eigenvalue weighted by atomic mass is 16.5. The molecular formula is C16H20N2O. The highest BCUT2D eigenvalue weighted by Crippen LogP contribution is 2.14. The number of nitrogens with two attached hydrogens (primary N) is 1. The summed E-state index contributed by atoms with van der Waals surface area (Å²) in [6, 6.07) is 14.2. The Labute approximate surface area is 114 Å². The number of hydrogen-bond acceptors (Lipinski definition) is 3. The molecular weight excluding hydrogens is 236 g/mol. The van der Waals surface area contributed by atoms with Gasteiger partial charge in [-0.3, -0.25) is 4.98 Å². The summed E-state index contributed by atoms with van der Waals surface area (Å²) in [4.78, 5) is 4.27. The van der Waals surface area contributed by atoms with E-state index in [2.05, 4.69) is 17.1 Å². The van der Waals surface area contributed by atoms with Crippen molar-refractivity contribution in [3.05, 3.63) is 59.9 Å². The second-order valence-electron chi connectivity index (χ2n) is 4.75. The van der Waals surface area contributed by atoms with E-state index in [9.17, 15) is 0 Å². The van der Waals surface area contributed by atoms with Crippen molar-refractivity contribution in [2.75, 3.05) is 6.61 Å². The molecule has 1 aromatic carbocycles. The van der Waals surface area contributed by atoms with Crippen molar-refractivity contribution in [2.45, 2.75) is 25.8 Å². The maximum atomic E-state index is 5.80. The average molecular weight is 256 g/mol. The highest BCUT2D eigenvalue weighted by molar-refractivity contribution is 5.29. The predicted molar refractivity (Wildman–Crippen MR) is 77.2 cm³/mol. The Morgan fingerprint density at radius 2 is 2.11 bits per heavy atom. The molecule has 2 aromatic rings. The molecule has 2 N–H and O–H groups in total. The summed E-state index contributed by atoms with van der Waals surface area (Å²) in [7, 11) is 0. The number of ether oxygens (including phenoxy) is 1. The number of pyridine rings is 1. The van der Waals surface area contributed by atoms with Gasteiger partial charge in [-0.1, -0.05) is 18.2 Å². The van der Waals surface area contributed by atoms with Gasteiger partial charge in [-0.2, -0.15) is 0 Å².